The zero-order valence-corrected chi connectivity index (χ0v) is 28.7. The van der Waals surface area contributed by atoms with Crippen LogP contribution in [0.25, 0.3) is 0 Å². The smallest absolute Gasteiger partial charge is 0.261 e. The molecule has 2 atom stereocenters. The lowest BCUT2D eigenvalue weighted by Gasteiger charge is -2.26. The number of hydrogen-bond acceptors (Lipinski definition) is 6. The van der Waals surface area contributed by atoms with Crippen LogP contribution in [0, 0.1) is 11.6 Å². The molecule has 0 saturated heterocycles. The van der Waals surface area contributed by atoms with E-state index in [2.05, 4.69) is 14.8 Å². The van der Waals surface area contributed by atoms with Gasteiger partial charge in [-0.1, -0.05) is 24.3 Å². The van der Waals surface area contributed by atoms with Crippen molar-refractivity contribution in [2.24, 2.45) is 5.73 Å². The van der Waals surface area contributed by atoms with E-state index in [1.807, 2.05) is 24.3 Å². The monoisotopic (exact) mass is 710 g/mol. The van der Waals surface area contributed by atoms with Gasteiger partial charge in [0.15, 0.2) is 0 Å². The lowest BCUT2D eigenvalue weighted by Crippen LogP contribution is -2.28. The molecular formula is C36H40F2N4O5S2. The first-order valence-corrected chi connectivity index (χ1v) is 19.1. The number of amides is 1. The highest BCUT2D eigenvalue weighted by atomic mass is 32.2. The molecule has 13 heteroatoms. The van der Waals surface area contributed by atoms with Crippen LogP contribution in [0.5, 0.6) is 0 Å². The van der Waals surface area contributed by atoms with Gasteiger partial charge in [-0.05, 0) is 134 Å². The van der Waals surface area contributed by atoms with Crippen LogP contribution >= 0.6 is 0 Å². The summed E-state index contributed by atoms with van der Waals surface area (Å²) >= 11 is 0. The van der Waals surface area contributed by atoms with Crippen LogP contribution in [0.15, 0.2) is 94.7 Å². The minimum absolute atomic E-state index is 0.0587. The van der Waals surface area contributed by atoms with E-state index in [-0.39, 0.29) is 21.6 Å². The standard InChI is InChI=1S/C19H21FN2O3S.C17H19FN2O2S/c1-13(23)21-12-15-5-2-4-14-10-17(8-9-19(14)15)22-26(24,25)18-7-3-6-16(20)11-18;18-14-5-2-6-16(10-14)23(21,22)20-15-7-8-17-12(9-15)3-1-4-13(17)11-19/h3,6-11,15,22H,2,4-5,12H2,1H3,(H,21,23);2,5-10,13,20H,1,3-4,11,19H2. The van der Waals surface area contributed by atoms with Crippen molar-refractivity contribution in [1.29, 1.82) is 0 Å². The number of aryl methyl sites for hydroxylation is 2. The van der Waals surface area contributed by atoms with Gasteiger partial charge in [0.1, 0.15) is 11.6 Å². The molecule has 0 aliphatic heterocycles. The predicted octanol–water partition coefficient (Wildman–Crippen LogP) is 6.19. The van der Waals surface area contributed by atoms with E-state index in [0.29, 0.717) is 30.4 Å². The third-order valence-corrected chi connectivity index (χ3v) is 11.5. The van der Waals surface area contributed by atoms with E-state index in [9.17, 15) is 30.4 Å². The molecule has 0 spiro atoms. The number of nitrogens with two attached hydrogens (primary N) is 1. The first-order valence-electron chi connectivity index (χ1n) is 16.1. The maximum Gasteiger partial charge on any atom is 0.261 e. The predicted molar refractivity (Wildman–Crippen MR) is 186 cm³/mol. The molecule has 260 valence electrons. The minimum atomic E-state index is -3.84. The molecule has 0 heterocycles. The van der Waals surface area contributed by atoms with Crippen molar-refractivity contribution in [1.82, 2.24) is 5.32 Å². The van der Waals surface area contributed by atoms with Crippen LogP contribution in [-0.2, 0) is 37.7 Å². The number of carbonyl (C=O) groups excluding carboxylic acids is 1. The lowest BCUT2D eigenvalue weighted by molar-refractivity contribution is -0.119. The minimum Gasteiger partial charge on any atom is -0.356 e. The summed E-state index contributed by atoms with van der Waals surface area (Å²) in [6, 6.07) is 20.9. The Hall–Kier alpha value is -4.33. The van der Waals surface area contributed by atoms with Gasteiger partial charge >= 0.3 is 0 Å². The molecule has 0 bridgehead atoms. The van der Waals surface area contributed by atoms with Crippen molar-refractivity contribution in [2.75, 3.05) is 22.5 Å². The molecule has 0 radical (unpaired) electrons. The summed E-state index contributed by atoms with van der Waals surface area (Å²) in [4.78, 5) is 11.0. The van der Waals surface area contributed by atoms with Crippen LogP contribution in [0.1, 0.15) is 66.7 Å². The third-order valence-electron chi connectivity index (χ3n) is 8.76. The van der Waals surface area contributed by atoms with Crippen molar-refractivity contribution < 1.29 is 30.4 Å². The first kappa shape index (κ1) is 36.0. The summed E-state index contributed by atoms with van der Waals surface area (Å²) < 4.78 is 81.1. The molecule has 0 fully saturated rings. The van der Waals surface area contributed by atoms with E-state index in [1.165, 1.54) is 48.9 Å². The Morgan fingerprint density at radius 1 is 0.714 bits per heavy atom. The van der Waals surface area contributed by atoms with Gasteiger partial charge < -0.3 is 11.1 Å². The van der Waals surface area contributed by atoms with E-state index >= 15 is 0 Å². The topological polar surface area (TPSA) is 147 Å². The largest absolute Gasteiger partial charge is 0.356 e. The molecular weight excluding hydrogens is 671 g/mol. The van der Waals surface area contributed by atoms with Gasteiger partial charge in [0.25, 0.3) is 20.0 Å². The number of hydrogen-bond donors (Lipinski definition) is 4. The highest BCUT2D eigenvalue weighted by molar-refractivity contribution is 7.93. The molecule has 2 unspecified atom stereocenters. The summed E-state index contributed by atoms with van der Waals surface area (Å²) in [5.41, 5.74) is 11.3. The Kier molecular flexibility index (Phi) is 11.4. The SMILES string of the molecule is CC(=O)NCC1CCCc2cc(NS(=O)(=O)c3cccc(F)c3)ccc21.NCC1CCCc2cc(NS(=O)(=O)c3cccc(F)c3)ccc21. The summed E-state index contributed by atoms with van der Waals surface area (Å²) in [5.74, 6) is -0.663. The van der Waals surface area contributed by atoms with E-state index < -0.39 is 31.7 Å². The summed E-state index contributed by atoms with van der Waals surface area (Å²) in [6.07, 6.45) is 5.87. The molecule has 49 heavy (non-hydrogen) atoms. The van der Waals surface area contributed by atoms with Crippen molar-refractivity contribution in [3.8, 4) is 0 Å². The number of rotatable bonds is 9. The normalized spacial score (nSPS) is 17.1. The first-order chi connectivity index (χ1) is 23.3. The van der Waals surface area contributed by atoms with Crippen LogP contribution in [0.2, 0.25) is 0 Å². The van der Waals surface area contributed by atoms with Gasteiger partial charge in [-0.3, -0.25) is 14.2 Å². The molecule has 1 amide bonds. The van der Waals surface area contributed by atoms with Crippen molar-refractivity contribution in [2.45, 2.75) is 67.1 Å². The highest BCUT2D eigenvalue weighted by Gasteiger charge is 2.23. The number of carbonyl (C=O) groups is 1. The Morgan fingerprint density at radius 2 is 1.18 bits per heavy atom. The average molecular weight is 711 g/mol. The maximum atomic E-state index is 13.3. The molecule has 4 aromatic carbocycles. The Balaban J connectivity index is 0.000000192. The number of anilines is 2. The van der Waals surface area contributed by atoms with Gasteiger partial charge in [-0.2, -0.15) is 0 Å². The van der Waals surface area contributed by atoms with Gasteiger partial charge in [-0.15, -0.1) is 0 Å². The summed E-state index contributed by atoms with van der Waals surface area (Å²) in [5, 5.41) is 2.85. The Labute approximate surface area is 286 Å². The van der Waals surface area contributed by atoms with Crippen LogP contribution in [-0.4, -0.2) is 35.8 Å². The number of nitrogens with one attached hydrogen (secondary N) is 3. The molecule has 0 aromatic heterocycles. The van der Waals surface area contributed by atoms with Gasteiger partial charge in [0.2, 0.25) is 5.91 Å². The van der Waals surface area contributed by atoms with Gasteiger partial charge in [-0.25, -0.2) is 25.6 Å². The van der Waals surface area contributed by atoms with Gasteiger partial charge in [0.05, 0.1) is 9.79 Å². The lowest BCUT2D eigenvalue weighted by atomic mass is 9.82. The van der Waals surface area contributed by atoms with E-state index in [4.69, 9.17) is 5.73 Å². The van der Waals surface area contributed by atoms with Crippen LogP contribution in [0.4, 0.5) is 20.2 Å². The van der Waals surface area contributed by atoms with Gasteiger partial charge in [0, 0.05) is 30.8 Å². The van der Waals surface area contributed by atoms with Crippen LogP contribution in [0.3, 0.4) is 0 Å². The number of halogens is 2. The molecule has 5 N–H and O–H groups in total. The Morgan fingerprint density at radius 3 is 1.63 bits per heavy atom. The maximum absolute atomic E-state index is 13.3. The molecule has 2 aliphatic rings. The van der Waals surface area contributed by atoms with E-state index in [0.717, 1.165) is 67.3 Å². The second-order valence-electron chi connectivity index (χ2n) is 12.3. The molecule has 9 nitrogen and oxygen atoms in total. The second-order valence-corrected chi connectivity index (χ2v) is 15.7. The van der Waals surface area contributed by atoms with Crippen molar-refractivity contribution >= 4 is 37.3 Å². The zero-order chi connectivity index (χ0) is 35.2. The number of sulfonamides is 2. The van der Waals surface area contributed by atoms with Crippen LogP contribution < -0.4 is 20.5 Å². The molecule has 6 rings (SSSR count). The van der Waals surface area contributed by atoms with E-state index in [1.54, 1.807) is 12.1 Å². The fourth-order valence-corrected chi connectivity index (χ4v) is 8.54. The fourth-order valence-electron chi connectivity index (χ4n) is 6.38. The third kappa shape index (κ3) is 9.22. The summed E-state index contributed by atoms with van der Waals surface area (Å²) in [7, 11) is -7.64. The molecule has 0 saturated carbocycles. The average Bonchev–Trinajstić information content (AvgIpc) is 3.06. The second kappa shape index (κ2) is 15.5. The number of fused-ring (bicyclic) bond motifs is 2. The Bertz CT molecular complexity index is 2040. The van der Waals surface area contributed by atoms with Crippen molar-refractivity contribution in [3.05, 3.63) is 119 Å². The zero-order valence-electron chi connectivity index (χ0n) is 27.1. The highest BCUT2D eigenvalue weighted by Crippen LogP contribution is 2.34. The molecule has 4 aromatic rings. The quantitative estimate of drug-likeness (QED) is 0.163. The number of benzene rings is 4. The van der Waals surface area contributed by atoms with Crippen molar-refractivity contribution in [3.63, 3.8) is 0 Å². The summed E-state index contributed by atoms with van der Waals surface area (Å²) in [6.45, 7) is 2.67. The molecule has 2 aliphatic carbocycles. The fraction of sp³-hybridized carbons (Fsp3) is 0.306.